The number of hydrogen-bond donors (Lipinski definition) is 1. The molecule has 11 nitrogen and oxygen atoms in total. The number of piperidine rings is 1. The van der Waals surface area contributed by atoms with Crippen LogP contribution in [0, 0.1) is 5.92 Å². The number of anilines is 1. The predicted molar refractivity (Wildman–Crippen MR) is 131 cm³/mol. The molecule has 1 fully saturated rings. The smallest absolute Gasteiger partial charge is 0.329 e. The van der Waals surface area contributed by atoms with Crippen LogP contribution in [0.5, 0.6) is 0 Å². The number of benzene rings is 1. The Labute approximate surface area is 199 Å². The highest BCUT2D eigenvalue weighted by molar-refractivity contribution is 7.99. The molecule has 0 radical (unpaired) electrons. The van der Waals surface area contributed by atoms with Gasteiger partial charge in [0.1, 0.15) is 0 Å². The van der Waals surface area contributed by atoms with Crippen LogP contribution in [0.4, 0.5) is 5.95 Å². The third kappa shape index (κ3) is 4.25. The molecule has 0 bridgehead atoms. The van der Waals surface area contributed by atoms with Gasteiger partial charge in [0.15, 0.2) is 11.2 Å². The molecule has 0 unspecified atom stereocenters. The molecule has 1 aromatic carbocycles. The van der Waals surface area contributed by atoms with Crippen LogP contribution < -0.4 is 16.1 Å². The highest BCUT2D eigenvalue weighted by atomic mass is 32.2. The number of aromatic amines is 1. The van der Waals surface area contributed by atoms with E-state index in [9.17, 15) is 9.59 Å². The van der Waals surface area contributed by atoms with Crippen LogP contribution >= 0.6 is 11.8 Å². The number of imidazole rings is 1. The lowest BCUT2D eigenvalue weighted by molar-refractivity contribution is 0.438. The number of para-hydroxylation sites is 1. The highest BCUT2D eigenvalue weighted by Crippen LogP contribution is 2.26. The number of thioether (sulfide) groups is 1. The molecule has 1 atom stereocenters. The minimum atomic E-state index is -0.455. The van der Waals surface area contributed by atoms with Crippen molar-refractivity contribution in [2.75, 3.05) is 23.7 Å². The van der Waals surface area contributed by atoms with Gasteiger partial charge in [0, 0.05) is 32.4 Å². The summed E-state index contributed by atoms with van der Waals surface area (Å²) in [4.78, 5) is 34.4. The van der Waals surface area contributed by atoms with Gasteiger partial charge in [-0.3, -0.25) is 14.3 Å². The average molecular weight is 482 g/mol. The van der Waals surface area contributed by atoms with Crippen molar-refractivity contribution in [3.05, 3.63) is 51.2 Å². The number of fused-ring (bicyclic) bond motifs is 1. The van der Waals surface area contributed by atoms with E-state index in [-0.39, 0.29) is 0 Å². The lowest BCUT2D eigenvalue weighted by Gasteiger charge is -2.32. The number of rotatable bonds is 7. The molecule has 4 aromatic rings. The number of nitrogens with one attached hydrogen (secondary N) is 1. The van der Waals surface area contributed by atoms with Crippen molar-refractivity contribution in [2.45, 2.75) is 37.9 Å². The summed E-state index contributed by atoms with van der Waals surface area (Å²) in [6, 6.07) is 9.77. The minimum Gasteiger partial charge on any atom is -0.342 e. The standard InChI is InChI=1S/C22H27N9O2S/c1-15-8-6-11-29(14-15)20-23-18-17(19(32)24-21(33)28(18)2)30(20)12-7-13-34-22-25-26-27-31(22)16-9-4-3-5-10-16/h3-5,9-10,15H,6-8,11-14H2,1-2H3,(H,24,32,33)/t15-/m1/s1. The van der Waals surface area contributed by atoms with E-state index in [1.54, 1.807) is 23.5 Å². The van der Waals surface area contributed by atoms with Crippen molar-refractivity contribution < 1.29 is 0 Å². The quantitative estimate of drug-likeness (QED) is 0.314. The fourth-order valence-corrected chi connectivity index (χ4v) is 5.25. The van der Waals surface area contributed by atoms with Crippen molar-refractivity contribution in [1.82, 2.24) is 39.3 Å². The van der Waals surface area contributed by atoms with Gasteiger partial charge in [-0.2, -0.15) is 9.67 Å². The molecule has 3 aromatic heterocycles. The number of tetrazole rings is 1. The summed E-state index contributed by atoms with van der Waals surface area (Å²) in [5.41, 5.74) is 0.910. The van der Waals surface area contributed by atoms with Gasteiger partial charge in [0.05, 0.1) is 5.69 Å². The normalized spacial score (nSPS) is 16.4. The zero-order chi connectivity index (χ0) is 23.7. The van der Waals surface area contributed by atoms with E-state index >= 15 is 0 Å². The predicted octanol–water partition coefficient (Wildman–Crippen LogP) is 1.82. The van der Waals surface area contributed by atoms with Gasteiger partial charge in [-0.05, 0) is 47.7 Å². The topological polar surface area (TPSA) is 120 Å². The Morgan fingerprint density at radius 2 is 2.03 bits per heavy atom. The van der Waals surface area contributed by atoms with Gasteiger partial charge < -0.3 is 9.47 Å². The summed E-state index contributed by atoms with van der Waals surface area (Å²) in [6.07, 6.45) is 3.04. The number of H-pyrrole nitrogens is 1. The molecule has 0 aliphatic carbocycles. The van der Waals surface area contributed by atoms with Crippen LogP contribution in [0.2, 0.25) is 0 Å². The third-order valence-electron chi connectivity index (χ3n) is 6.13. The van der Waals surface area contributed by atoms with Crippen molar-refractivity contribution >= 4 is 28.9 Å². The van der Waals surface area contributed by atoms with Crippen LogP contribution in [0.15, 0.2) is 45.1 Å². The van der Waals surface area contributed by atoms with Crippen LogP contribution in [-0.4, -0.2) is 58.2 Å². The molecule has 1 aliphatic heterocycles. The summed E-state index contributed by atoms with van der Waals surface area (Å²) >= 11 is 1.57. The Morgan fingerprint density at radius 3 is 2.82 bits per heavy atom. The summed E-state index contributed by atoms with van der Waals surface area (Å²) < 4.78 is 5.09. The molecule has 0 amide bonds. The van der Waals surface area contributed by atoms with E-state index < -0.39 is 11.2 Å². The summed E-state index contributed by atoms with van der Waals surface area (Å²) in [7, 11) is 1.64. The zero-order valence-corrected chi connectivity index (χ0v) is 20.0. The van der Waals surface area contributed by atoms with Crippen molar-refractivity contribution in [3.63, 3.8) is 0 Å². The SMILES string of the molecule is C[C@@H]1CCCN(c2nc3c(c(=O)[nH]c(=O)n3C)n2CCCSc2nnnn2-c2ccccc2)C1. The maximum absolute atomic E-state index is 12.8. The van der Waals surface area contributed by atoms with E-state index in [2.05, 4.69) is 32.3 Å². The minimum absolute atomic E-state index is 0.400. The van der Waals surface area contributed by atoms with E-state index in [0.29, 0.717) is 28.8 Å². The Kier molecular flexibility index (Phi) is 6.22. The molecular formula is C22H27N9O2S. The lowest BCUT2D eigenvalue weighted by Crippen LogP contribution is -2.36. The van der Waals surface area contributed by atoms with Crippen molar-refractivity contribution in [3.8, 4) is 5.69 Å². The highest BCUT2D eigenvalue weighted by Gasteiger charge is 2.24. The zero-order valence-electron chi connectivity index (χ0n) is 19.2. The molecule has 0 saturated carbocycles. The number of hydrogen-bond acceptors (Lipinski definition) is 8. The van der Waals surface area contributed by atoms with E-state index in [1.165, 1.54) is 11.0 Å². The second kappa shape index (κ2) is 9.45. The van der Waals surface area contributed by atoms with Gasteiger partial charge in [0.2, 0.25) is 11.1 Å². The van der Waals surface area contributed by atoms with Gasteiger partial charge in [-0.1, -0.05) is 36.9 Å². The first-order chi connectivity index (χ1) is 16.5. The van der Waals surface area contributed by atoms with Gasteiger partial charge in [-0.15, -0.1) is 5.10 Å². The van der Waals surface area contributed by atoms with Crippen molar-refractivity contribution in [1.29, 1.82) is 0 Å². The second-order valence-electron chi connectivity index (χ2n) is 8.66. The Bertz CT molecular complexity index is 1410. The first-order valence-electron chi connectivity index (χ1n) is 11.4. The lowest BCUT2D eigenvalue weighted by atomic mass is 10.0. The van der Waals surface area contributed by atoms with E-state index in [0.717, 1.165) is 43.3 Å². The summed E-state index contributed by atoms with van der Waals surface area (Å²) in [5.74, 6) is 2.07. The first kappa shape index (κ1) is 22.4. The van der Waals surface area contributed by atoms with Crippen LogP contribution in [0.25, 0.3) is 16.9 Å². The Balaban J connectivity index is 1.39. The van der Waals surface area contributed by atoms with Crippen molar-refractivity contribution in [2.24, 2.45) is 13.0 Å². The average Bonchev–Trinajstić information content (AvgIpc) is 3.46. The maximum atomic E-state index is 12.8. The number of nitrogens with zero attached hydrogens (tertiary/aromatic N) is 8. The van der Waals surface area contributed by atoms with Crippen LogP contribution in [0.1, 0.15) is 26.2 Å². The molecule has 0 spiro atoms. The number of aryl methyl sites for hydroxylation is 2. The van der Waals surface area contributed by atoms with E-state index in [4.69, 9.17) is 4.98 Å². The molecule has 4 heterocycles. The third-order valence-corrected chi connectivity index (χ3v) is 7.13. The molecule has 1 aliphatic rings. The monoisotopic (exact) mass is 481 g/mol. The van der Waals surface area contributed by atoms with E-state index in [1.807, 2.05) is 34.9 Å². The maximum Gasteiger partial charge on any atom is 0.329 e. The first-order valence-corrected chi connectivity index (χ1v) is 12.4. The molecule has 1 saturated heterocycles. The van der Waals surface area contributed by atoms with Gasteiger partial charge >= 0.3 is 5.69 Å². The van der Waals surface area contributed by atoms with Crippen LogP contribution in [-0.2, 0) is 13.6 Å². The van der Waals surface area contributed by atoms with Gasteiger partial charge in [-0.25, -0.2) is 4.79 Å². The fourth-order valence-electron chi connectivity index (χ4n) is 4.43. The molecular weight excluding hydrogens is 454 g/mol. The van der Waals surface area contributed by atoms with Crippen LogP contribution in [0.3, 0.4) is 0 Å². The Morgan fingerprint density at radius 1 is 1.21 bits per heavy atom. The second-order valence-corrected chi connectivity index (χ2v) is 9.72. The fraction of sp³-hybridized carbons (Fsp3) is 0.455. The van der Waals surface area contributed by atoms with Gasteiger partial charge in [0.25, 0.3) is 5.56 Å². The molecule has 178 valence electrons. The summed E-state index contributed by atoms with van der Waals surface area (Å²) in [6.45, 7) is 4.60. The molecule has 34 heavy (non-hydrogen) atoms. The number of aromatic nitrogens is 8. The molecule has 5 rings (SSSR count). The summed E-state index contributed by atoms with van der Waals surface area (Å²) in [5, 5.41) is 12.8. The molecule has 12 heteroatoms. The largest absolute Gasteiger partial charge is 0.342 e. The molecule has 1 N–H and O–H groups in total. The Hall–Kier alpha value is -3.41.